The molecule has 3 radical (unpaired) electrons. The zero-order valence-electron chi connectivity index (χ0n) is 20.0. The molecule has 2 aromatic rings. The zero-order valence-corrected chi connectivity index (χ0v) is 24.2. The Bertz CT molecular complexity index is 896. The van der Waals surface area contributed by atoms with E-state index >= 15 is 0 Å². The van der Waals surface area contributed by atoms with Crippen molar-refractivity contribution in [2.75, 3.05) is 7.11 Å². The number of rotatable bonds is 2. The van der Waals surface area contributed by atoms with Crippen molar-refractivity contribution in [1.29, 1.82) is 0 Å². The van der Waals surface area contributed by atoms with Gasteiger partial charge in [0.1, 0.15) is 11.6 Å². The van der Waals surface area contributed by atoms with Crippen molar-refractivity contribution in [3.8, 4) is 0 Å². The first-order chi connectivity index (χ1) is 14.3. The molecular weight excluding hydrogens is 552 g/mol. The minimum atomic E-state index is -0.215. The summed E-state index contributed by atoms with van der Waals surface area (Å²) in [6.07, 6.45) is 4.41. The molecule has 1 saturated heterocycles. The molecule has 1 fully saturated rings. The van der Waals surface area contributed by atoms with Crippen LogP contribution >= 0.6 is 31.9 Å². The van der Waals surface area contributed by atoms with Crippen LogP contribution in [0.2, 0.25) is 0 Å². The smallest absolute Gasteiger partial charge is 1.00 e. The molecular formula is C23H29BBr2F2N2NaO. The van der Waals surface area contributed by atoms with E-state index in [1.807, 2.05) is 6.07 Å². The third kappa shape index (κ3) is 9.28. The van der Waals surface area contributed by atoms with Gasteiger partial charge >= 0.3 is 29.6 Å². The fraction of sp³-hybridized carbons (Fsp3) is 0.435. The van der Waals surface area contributed by atoms with Crippen molar-refractivity contribution in [2.24, 2.45) is 4.99 Å². The molecule has 4 rings (SSSR count). The second-order valence-corrected chi connectivity index (χ2v) is 9.16. The third-order valence-electron chi connectivity index (χ3n) is 5.13. The number of aliphatic hydroxyl groups excluding tert-OH is 1. The van der Waals surface area contributed by atoms with Gasteiger partial charge in [0.2, 0.25) is 0 Å². The summed E-state index contributed by atoms with van der Waals surface area (Å²) in [4.78, 5) is 4.51. The molecule has 0 bridgehead atoms. The molecule has 0 aliphatic carbocycles. The van der Waals surface area contributed by atoms with Crippen LogP contribution in [0.5, 0.6) is 0 Å². The maximum Gasteiger partial charge on any atom is 1.00 e. The van der Waals surface area contributed by atoms with Gasteiger partial charge in [-0.3, -0.25) is 4.99 Å². The van der Waals surface area contributed by atoms with Gasteiger partial charge in [0.15, 0.2) is 0 Å². The van der Waals surface area contributed by atoms with Crippen LogP contribution in [-0.4, -0.2) is 38.4 Å². The largest absolute Gasteiger partial charge is 1.00 e. The molecule has 0 amide bonds. The van der Waals surface area contributed by atoms with Crippen molar-refractivity contribution in [3.05, 3.63) is 68.1 Å². The summed E-state index contributed by atoms with van der Waals surface area (Å²) in [5, 5.41) is 10.5. The zero-order chi connectivity index (χ0) is 22.3. The summed E-state index contributed by atoms with van der Waals surface area (Å²) >= 11 is 6.75. The average molecular weight is 581 g/mol. The van der Waals surface area contributed by atoms with Gasteiger partial charge in [-0.25, -0.2) is 8.78 Å². The molecule has 3 unspecified atom stereocenters. The first-order valence-corrected chi connectivity index (χ1v) is 11.6. The first kappa shape index (κ1) is 31.9. The molecule has 0 saturated carbocycles. The van der Waals surface area contributed by atoms with Crippen LogP contribution in [0.25, 0.3) is 0 Å². The van der Waals surface area contributed by atoms with Gasteiger partial charge in [0, 0.05) is 53.9 Å². The number of hydrogen-bond acceptors (Lipinski definition) is 3. The van der Waals surface area contributed by atoms with Crippen molar-refractivity contribution in [2.45, 2.75) is 57.7 Å². The maximum absolute atomic E-state index is 12.9. The summed E-state index contributed by atoms with van der Waals surface area (Å²) in [6, 6.07) is 11.0. The van der Waals surface area contributed by atoms with Gasteiger partial charge in [-0.2, -0.15) is 0 Å². The van der Waals surface area contributed by atoms with E-state index in [1.165, 1.54) is 30.7 Å². The van der Waals surface area contributed by atoms with Gasteiger partial charge in [0.05, 0.1) is 0 Å². The SMILES string of the molecule is CC1CCC(c2ccc(F)cc2Br)=N1.CC1CCC(c2ccc(F)cc2Br)N1.CO.[B].[H-].[Na+]. The molecule has 0 aromatic heterocycles. The third-order valence-corrected chi connectivity index (χ3v) is 6.47. The number of nitrogens with one attached hydrogen (secondary N) is 1. The van der Waals surface area contributed by atoms with Crippen molar-refractivity contribution in [1.82, 2.24) is 5.32 Å². The minimum Gasteiger partial charge on any atom is -1.00 e. The van der Waals surface area contributed by atoms with E-state index in [2.05, 4.69) is 56.0 Å². The molecule has 3 atom stereocenters. The molecule has 169 valence electrons. The monoisotopic (exact) mass is 579 g/mol. The van der Waals surface area contributed by atoms with Crippen LogP contribution in [0.3, 0.4) is 0 Å². The molecule has 2 aliphatic rings. The van der Waals surface area contributed by atoms with E-state index in [0.717, 1.165) is 52.2 Å². The number of hydrogen-bond donors (Lipinski definition) is 2. The predicted octanol–water partition coefficient (Wildman–Crippen LogP) is 3.31. The Balaban J connectivity index is 0. The molecule has 32 heavy (non-hydrogen) atoms. The van der Waals surface area contributed by atoms with E-state index < -0.39 is 0 Å². The van der Waals surface area contributed by atoms with Crippen LogP contribution in [0.15, 0.2) is 50.3 Å². The van der Waals surface area contributed by atoms with Gasteiger partial charge < -0.3 is 11.8 Å². The predicted molar refractivity (Wildman–Crippen MR) is 133 cm³/mol. The fourth-order valence-electron chi connectivity index (χ4n) is 3.62. The Morgan fingerprint density at radius 1 is 0.969 bits per heavy atom. The van der Waals surface area contributed by atoms with E-state index in [1.54, 1.807) is 6.07 Å². The van der Waals surface area contributed by atoms with Crippen LogP contribution < -0.4 is 34.9 Å². The minimum absolute atomic E-state index is 0. The van der Waals surface area contributed by atoms with Gasteiger partial charge in [-0.1, -0.05) is 37.9 Å². The van der Waals surface area contributed by atoms with E-state index in [9.17, 15) is 8.78 Å². The van der Waals surface area contributed by atoms with Crippen molar-refractivity contribution in [3.63, 3.8) is 0 Å². The Kier molecular flexibility index (Phi) is 15.7. The Labute approximate surface area is 232 Å². The summed E-state index contributed by atoms with van der Waals surface area (Å²) < 4.78 is 27.4. The van der Waals surface area contributed by atoms with Crippen molar-refractivity contribution < 1.29 is 44.9 Å². The van der Waals surface area contributed by atoms with Gasteiger partial charge in [-0.15, -0.1) is 0 Å². The summed E-state index contributed by atoms with van der Waals surface area (Å²) in [5.74, 6) is -0.404. The first-order valence-electron chi connectivity index (χ1n) is 10.0. The standard InChI is InChI=1S/C11H13BrFN.C11H11BrFN.CH4O.B.Na.H/c2*1-7-2-5-11(14-7)9-4-3-8(13)6-10(9)12;1-2;;;/h3-4,6-7,11,14H,2,5H2,1H3;3-4,6-7H,2,5H2,1H3;2H,1H3;;;/q;;;;+1;-1. The number of benzene rings is 2. The van der Waals surface area contributed by atoms with E-state index in [0.29, 0.717) is 18.1 Å². The van der Waals surface area contributed by atoms with Gasteiger partial charge in [-0.05, 0) is 75.4 Å². The second kappa shape index (κ2) is 15.7. The molecule has 2 N–H and O–H groups in total. The molecule has 2 aliphatic heterocycles. The van der Waals surface area contributed by atoms with Gasteiger partial charge in [0.25, 0.3) is 0 Å². The Morgan fingerprint density at radius 3 is 2.03 bits per heavy atom. The van der Waals surface area contributed by atoms with Crippen molar-refractivity contribution >= 4 is 46.0 Å². The quantitative estimate of drug-likeness (QED) is 0.536. The molecule has 0 spiro atoms. The topological polar surface area (TPSA) is 44.6 Å². The normalized spacial score (nSPS) is 21.1. The number of aliphatic imine (C=N–C) groups is 1. The van der Waals surface area contributed by atoms with E-state index in [4.69, 9.17) is 5.11 Å². The number of halogens is 4. The molecule has 2 aromatic carbocycles. The summed E-state index contributed by atoms with van der Waals surface area (Å²) in [7, 11) is 1.00. The maximum atomic E-state index is 12.9. The molecule has 2 heterocycles. The van der Waals surface area contributed by atoms with Crippen LogP contribution in [0.4, 0.5) is 8.78 Å². The van der Waals surface area contributed by atoms with Crippen LogP contribution in [-0.2, 0) is 0 Å². The average Bonchev–Trinajstić information content (AvgIpc) is 3.32. The van der Waals surface area contributed by atoms with Crippen LogP contribution in [0.1, 0.15) is 58.1 Å². The fourth-order valence-corrected chi connectivity index (χ4v) is 4.83. The summed E-state index contributed by atoms with van der Waals surface area (Å²) in [5.41, 5.74) is 3.27. The van der Waals surface area contributed by atoms with E-state index in [-0.39, 0.29) is 51.0 Å². The Morgan fingerprint density at radius 2 is 1.56 bits per heavy atom. The van der Waals surface area contributed by atoms with Crippen LogP contribution in [0, 0.1) is 11.6 Å². The number of aliphatic hydroxyl groups is 1. The summed E-state index contributed by atoms with van der Waals surface area (Å²) in [6.45, 7) is 4.28. The molecule has 9 heteroatoms. The second-order valence-electron chi connectivity index (χ2n) is 7.45. The number of nitrogens with zero attached hydrogens (tertiary/aromatic N) is 1. The Hall–Kier alpha value is -0.0851. The molecule has 3 nitrogen and oxygen atoms in total.